The molecule has 146 valence electrons. The second kappa shape index (κ2) is 7.12. The van der Waals surface area contributed by atoms with Gasteiger partial charge < -0.3 is 14.4 Å². The largest absolute Gasteiger partial charge is 0.359 e. The predicted molar refractivity (Wildman–Crippen MR) is 106 cm³/mol. The van der Waals surface area contributed by atoms with Crippen LogP contribution in [0.25, 0.3) is 0 Å². The first kappa shape index (κ1) is 18.2. The zero-order valence-electron chi connectivity index (χ0n) is 16.2. The van der Waals surface area contributed by atoms with E-state index in [4.69, 9.17) is 4.52 Å². The minimum absolute atomic E-state index is 0.237. The Morgan fingerprint density at radius 1 is 1.14 bits per heavy atom. The van der Waals surface area contributed by atoms with E-state index < -0.39 is 0 Å². The molecule has 0 saturated carbocycles. The summed E-state index contributed by atoms with van der Waals surface area (Å²) in [7, 11) is 3.21. The maximum Gasteiger partial charge on any atom is 0.330 e. The maximum absolute atomic E-state index is 12.6. The zero-order chi connectivity index (χ0) is 19.8. The Morgan fingerprint density at radius 2 is 1.89 bits per heavy atom. The monoisotopic (exact) mass is 381 g/mol. The van der Waals surface area contributed by atoms with Gasteiger partial charge >= 0.3 is 5.69 Å². The van der Waals surface area contributed by atoms with Gasteiger partial charge in [-0.2, -0.15) is 0 Å². The molecule has 0 bridgehead atoms. The molecule has 3 heterocycles. The number of anilines is 2. The van der Waals surface area contributed by atoms with Crippen LogP contribution in [0.5, 0.6) is 0 Å². The van der Waals surface area contributed by atoms with Crippen LogP contribution in [0.3, 0.4) is 0 Å². The van der Waals surface area contributed by atoms with E-state index >= 15 is 0 Å². The van der Waals surface area contributed by atoms with Crippen LogP contribution in [0, 0.1) is 6.92 Å². The second-order valence-corrected chi connectivity index (χ2v) is 7.15. The molecule has 28 heavy (non-hydrogen) atoms. The highest BCUT2D eigenvalue weighted by atomic mass is 16.5. The molecule has 1 aliphatic rings. The van der Waals surface area contributed by atoms with Crippen LogP contribution in [0.15, 0.2) is 44.4 Å². The number of nitrogens with zero attached hydrogens (tertiary/aromatic N) is 4. The fourth-order valence-corrected chi connectivity index (χ4v) is 3.58. The molecule has 8 nitrogen and oxygen atoms in total. The summed E-state index contributed by atoms with van der Waals surface area (Å²) in [5.41, 5.74) is 2.75. The Kier molecular flexibility index (Phi) is 4.64. The lowest BCUT2D eigenvalue weighted by atomic mass is 10.1. The summed E-state index contributed by atoms with van der Waals surface area (Å²) in [5.74, 6) is 1.58. The number of aromatic nitrogens is 3. The molecule has 0 amide bonds. The van der Waals surface area contributed by atoms with Gasteiger partial charge in [-0.1, -0.05) is 23.4 Å². The third-order valence-corrected chi connectivity index (χ3v) is 5.40. The maximum atomic E-state index is 12.6. The summed E-state index contributed by atoms with van der Waals surface area (Å²) < 4.78 is 8.20. The number of hydrogen-bond donors (Lipinski definition) is 1. The smallest absolute Gasteiger partial charge is 0.330 e. The minimum Gasteiger partial charge on any atom is -0.359 e. The van der Waals surface area contributed by atoms with E-state index in [9.17, 15) is 9.59 Å². The van der Waals surface area contributed by atoms with Crippen molar-refractivity contribution in [2.24, 2.45) is 14.1 Å². The molecule has 0 unspecified atom stereocenters. The lowest BCUT2D eigenvalue weighted by molar-refractivity contribution is 0.226. The normalized spacial score (nSPS) is 14.1. The van der Waals surface area contributed by atoms with Gasteiger partial charge in [0.25, 0.3) is 5.56 Å². The predicted octanol–water partition coefficient (Wildman–Crippen LogP) is 1.68. The van der Waals surface area contributed by atoms with Crippen LogP contribution >= 0.6 is 0 Å². The third-order valence-electron chi connectivity index (χ3n) is 5.40. The molecule has 0 saturated heterocycles. The van der Waals surface area contributed by atoms with E-state index in [1.165, 1.54) is 16.2 Å². The van der Waals surface area contributed by atoms with Crippen LogP contribution in [0.2, 0.25) is 0 Å². The molecule has 2 aromatic heterocycles. The summed E-state index contributed by atoms with van der Waals surface area (Å²) in [6.45, 7) is 3.68. The molecule has 1 aromatic carbocycles. The van der Waals surface area contributed by atoms with Crippen molar-refractivity contribution in [3.05, 3.63) is 73.8 Å². The van der Waals surface area contributed by atoms with E-state index in [0.29, 0.717) is 30.2 Å². The molecule has 4 rings (SSSR count). The molecular weight excluding hydrogens is 358 g/mol. The molecule has 0 spiro atoms. The number of hydrogen-bond acceptors (Lipinski definition) is 6. The Bertz CT molecular complexity index is 1130. The van der Waals surface area contributed by atoms with Crippen LogP contribution in [-0.4, -0.2) is 25.7 Å². The molecule has 0 atom stereocenters. The number of para-hydroxylation sites is 1. The van der Waals surface area contributed by atoms with Gasteiger partial charge in [0.1, 0.15) is 5.76 Å². The first-order valence-corrected chi connectivity index (χ1v) is 9.23. The SMILES string of the molecule is Cc1c(CN2CCc3onc(Nc4ccccc4)c3C2)c(=O)n(C)c(=O)n1C. The Morgan fingerprint density at radius 3 is 2.64 bits per heavy atom. The van der Waals surface area contributed by atoms with Crippen molar-refractivity contribution in [2.75, 3.05) is 11.9 Å². The molecule has 0 fully saturated rings. The fraction of sp³-hybridized carbons (Fsp3) is 0.350. The van der Waals surface area contributed by atoms with E-state index in [1.807, 2.05) is 37.3 Å². The van der Waals surface area contributed by atoms with Gasteiger partial charge in [-0.15, -0.1) is 0 Å². The molecule has 8 heteroatoms. The van der Waals surface area contributed by atoms with Gasteiger partial charge in [-0.05, 0) is 19.1 Å². The van der Waals surface area contributed by atoms with Gasteiger partial charge in [0.2, 0.25) is 0 Å². The average molecular weight is 381 g/mol. The molecule has 1 aliphatic heterocycles. The van der Waals surface area contributed by atoms with Crippen molar-refractivity contribution in [3.63, 3.8) is 0 Å². The number of rotatable bonds is 4. The molecule has 0 aliphatic carbocycles. The van der Waals surface area contributed by atoms with Gasteiger partial charge in [0, 0.05) is 51.5 Å². The summed E-state index contributed by atoms with van der Waals surface area (Å²) in [5, 5.41) is 7.49. The van der Waals surface area contributed by atoms with Crippen molar-refractivity contribution in [1.82, 2.24) is 19.2 Å². The van der Waals surface area contributed by atoms with Crippen molar-refractivity contribution < 1.29 is 4.52 Å². The number of nitrogens with one attached hydrogen (secondary N) is 1. The highest BCUT2D eigenvalue weighted by molar-refractivity contribution is 5.59. The Hall–Kier alpha value is -3.13. The van der Waals surface area contributed by atoms with Gasteiger partial charge in [-0.3, -0.25) is 14.3 Å². The van der Waals surface area contributed by atoms with Crippen molar-refractivity contribution in [2.45, 2.75) is 26.4 Å². The quantitative estimate of drug-likeness (QED) is 0.740. The summed E-state index contributed by atoms with van der Waals surface area (Å²) in [6, 6.07) is 9.82. The van der Waals surface area contributed by atoms with Crippen LogP contribution in [0.1, 0.15) is 22.6 Å². The van der Waals surface area contributed by atoms with Gasteiger partial charge in [0.05, 0.1) is 11.1 Å². The Balaban J connectivity index is 1.60. The van der Waals surface area contributed by atoms with Crippen molar-refractivity contribution in [3.8, 4) is 0 Å². The fourth-order valence-electron chi connectivity index (χ4n) is 3.58. The Labute approximate surface area is 162 Å². The van der Waals surface area contributed by atoms with E-state index in [-0.39, 0.29) is 11.2 Å². The molecule has 3 aromatic rings. The molecular formula is C20H23N5O3. The minimum atomic E-state index is -0.305. The highest BCUT2D eigenvalue weighted by Crippen LogP contribution is 2.28. The van der Waals surface area contributed by atoms with Crippen LogP contribution in [0.4, 0.5) is 11.5 Å². The first-order chi connectivity index (χ1) is 13.5. The topological polar surface area (TPSA) is 85.3 Å². The summed E-state index contributed by atoms with van der Waals surface area (Å²) in [6.07, 6.45) is 0.726. The van der Waals surface area contributed by atoms with Crippen molar-refractivity contribution >= 4 is 11.5 Å². The lowest BCUT2D eigenvalue weighted by Gasteiger charge is -2.26. The summed E-state index contributed by atoms with van der Waals surface area (Å²) in [4.78, 5) is 26.9. The zero-order valence-corrected chi connectivity index (χ0v) is 16.2. The van der Waals surface area contributed by atoms with Crippen LogP contribution in [-0.2, 0) is 33.6 Å². The lowest BCUT2D eigenvalue weighted by Crippen LogP contribution is -2.42. The van der Waals surface area contributed by atoms with Gasteiger partial charge in [0.15, 0.2) is 5.82 Å². The van der Waals surface area contributed by atoms with Crippen LogP contribution < -0.4 is 16.6 Å². The standard InChI is InChI=1S/C20H23N5O3/c1-13-15(19(26)24(3)20(27)23(13)2)11-25-10-9-17-16(12-25)18(22-28-17)21-14-7-5-4-6-8-14/h4-8H,9-12H2,1-3H3,(H,21,22). The highest BCUT2D eigenvalue weighted by Gasteiger charge is 2.26. The van der Waals surface area contributed by atoms with Crippen molar-refractivity contribution in [1.29, 1.82) is 0 Å². The van der Waals surface area contributed by atoms with Gasteiger partial charge in [-0.25, -0.2) is 4.79 Å². The molecule has 1 N–H and O–H groups in total. The second-order valence-electron chi connectivity index (χ2n) is 7.15. The molecule has 0 radical (unpaired) electrons. The van der Waals surface area contributed by atoms with E-state index in [0.717, 1.165) is 30.0 Å². The first-order valence-electron chi connectivity index (χ1n) is 9.23. The third kappa shape index (κ3) is 3.16. The summed E-state index contributed by atoms with van der Waals surface area (Å²) >= 11 is 0. The van der Waals surface area contributed by atoms with E-state index in [1.54, 1.807) is 7.05 Å². The number of fused-ring (bicyclic) bond motifs is 1. The van der Waals surface area contributed by atoms with E-state index in [2.05, 4.69) is 15.4 Å². The number of benzene rings is 1. The average Bonchev–Trinajstić information content (AvgIpc) is 3.11.